The fourth-order valence-corrected chi connectivity index (χ4v) is 0.806. The van der Waals surface area contributed by atoms with E-state index in [0.717, 1.165) is 5.75 Å². The predicted molar refractivity (Wildman–Crippen MR) is 45.0 cm³/mol. The molecule has 0 bridgehead atoms. The van der Waals surface area contributed by atoms with Crippen LogP contribution in [0.4, 0.5) is 5.69 Å². The second-order valence-electron chi connectivity index (χ2n) is 2.69. The molecular weight excluding hydrogens is 138 g/mol. The molecule has 0 aliphatic rings. The highest BCUT2D eigenvalue weighted by atomic mass is 16.5. The molecule has 2 nitrogen and oxygen atoms in total. The number of ether oxygens (including phenoxy) is 1. The van der Waals surface area contributed by atoms with E-state index < -0.39 is 0 Å². The monoisotopic (exact) mass is 150 g/mol. The molecule has 2 heteroatoms. The van der Waals surface area contributed by atoms with Gasteiger partial charge in [-0.3, -0.25) is 0 Å². The fraction of sp³-hybridized carbons (Fsp3) is 0.333. The molecule has 0 saturated carbocycles. The van der Waals surface area contributed by atoms with Crippen LogP contribution in [0.2, 0.25) is 0 Å². The van der Waals surface area contributed by atoms with Gasteiger partial charge in [-0.05, 0) is 38.1 Å². The van der Waals surface area contributed by atoms with Crippen molar-refractivity contribution < 1.29 is 4.74 Å². The molecule has 0 heterocycles. The first-order valence-corrected chi connectivity index (χ1v) is 3.67. The maximum absolute atomic E-state index is 7.22. The van der Waals surface area contributed by atoms with Crippen molar-refractivity contribution >= 4 is 5.69 Å². The van der Waals surface area contributed by atoms with E-state index in [1.807, 2.05) is 26.0 Å². The van der Waals surface area contributed by atoms with Gasteiger partial charge in [0.2, 0.25) is 0 Å². The van der Waals surface area contributed by atoms with E-state index in [4.69, 9.17) is 10.5 Å². The van der Waals surface area contributed by atoms with Crippen LogP contribution in [-0.4, -0.2) is 6.10 Å². The minimum Gasteiger partial charge on any atom is -0.491 e. The third-order valence-corrected chi connectivity index (χ3v) is 1.23. The lowest BCUT2D eigenvalue weighted by atomic mass is 10.3. The summed E-state index contributed by atoms with van der Waals surface area (Å²) in [5.74, 6) is 0.830. The number of hydrogen-bond acceptors (Lipinski definition) is 1. The number of rotatable bonds is 2. The lowest BCUT2D eigenvalue weighted by molar-refractivity contribution is 0.242. The quantitative estimate of drug-likeness (QED) is 0.637. The lowest BCUT2D eigenvalue weighted by Gasteiger charge is -2.08. The third-order valence-electron chi connectivity index (χ3n) is 1.23. The Bertz CT molecular complexity index is 216. The molecule has 0 amide bonds. The van der Waals surface area contributed by atoms with Crippen LogP contribution in [0.1, 0.15) is 13.8 Å². The second-order valence-corrected chi connectivity index (χ2v) is 2.69. The molecule has 11 heavy (non-hydrogen) atoms. The van der Waals surface area contributed by atoms with Gasteiger partial charge < -0.3 is 10.5 Å². The number of benzene rings is 1. The topological polar surface area (TPSA) is 33.0 Å². The first-order valence-electron chi connectivity index (χ1n) is 3.67. The Labute approximate surface area is 67.0 Å². The minimum atomic E-state index is 0.201. The van der Waals surface area contributed by atoms with Crippen LogP contribution in [0.3, 0.4) is 0 Å². The van der Waals surface area contributed by atoms with Crippen molar-refractivity contribution in [3.8, 4) is 5.75 Å². The Morgan fingerprint density at radius 2 is 1.73 bits per heavy atom. The Hall–Kier alpha value is -1.18. The zero-order valence-electron chi connectivity index (χ0n) is 6.79. The van der Waals surface area contributed by atoms with E-state index in [0.29, 0.717) is 5.69 Å². The van der Waals surface area contributed by atoms with Crippen molar-refractivity contribution in [3.63, 3.8) is 0 Å². The van der Waals surface area contributed by atoms with E-state index in [2.05, 4.69) is 0 Å². The maximum atomic E-state index is 7.22. The van der Waals surface area contributed by atoms with Crippen LogP contribution in [-0.2, 0) is 0 Å². The van der Waals surface area contributed by atoms with Gasteiger partial charge in [0.05, 0.1) is 11.8 Å². The molecule has 0 aromatic heterocycles. The van der Waals surface area contributed by atoms with E-state index in [9.17, 15) is 0 Å². The first-order chi connectivity index (χ1) is 5.18. The molecule has 0 aliphatic carbocycles. The Balaban J connectivity index is 2.66. The molecule has 1 radical (unpaired) electrons. The largest absolute Gasteiger partial charge is 0.491 e. The summed E-state index contributed by atoms with van der Waals surface area (Å²) in [5, 5.41) is 0. The molecule has 0 saturated heterocycles. The average Bonchev–Trinajstić information content (AvgIpc) is 1.93. The van der Waals surface area contributed by atoms with Crippen molar-refractivity contribution in [3.05, 3.63) is 24.3 Å². The van der Waals surface area contributed by atoms with E-state index >= 15 is 0 Å². The van der Waals surface area contributed by atoms with E-state index in [-0.39, 0.29) is 6.10 Å². The Kier molecular flexibility index (Phi) is 2.36. The summed E-state index contributed by atoms with van der Waals surface area (Å²) in [4.78, 5) is 0. The zero-order valence-corrected chi connectivity index (χ0v) is 6.79. The molecule has 1 aromatic carbocycles. The normalized spacial score (nSPS) is 10.1. The molecule has 0 atom stereocenters. The highest BCUT2D eigenvalue weighted by Crippen LogP contribution is 2.14. The van der Waals surface area contributed by atoms with Crippen molar-refractivity contribution in [2.45, 2.75) is 20.0 Å². The van der Waals surface area contributed by atoms with Crippen molar-refractivity contribution in [1.82, 2.24) is 5.73 Å². The van der Waals surface area contributed by atoms with Gasteiger partial charge in [0.1, 0.15) is 5.75 Å². The van der Waals surface area contributed by atoms with Gasteiger partial charge in [0.25, 0.3) is 0 Å². The summed E-state index contributed by atoms with van der Waals surface area (Å²) >= 11 is 0. The zero-order chi connectivity index (χ0) is 8.27. The van der Waals surface area contributed by atoms with Crippen LogP contribution in [0, 0.1) is 0 Å². The van der Waals surface area contributed by atoms with Gasteiger partial charge in [0.15, 0.2) is 0 Å². The summed E-state index contributed by atoms with van der Waals surface area (Å²) < 4.78 is 5.39. The molecule has 1 rings (SSSR count). The van der Waals surface area contributed by atoms with Crippen LogP contribution in [0.5, 0.6) is 5.75 Å². The second kappa shape index (κ2) is 3.28. The van der Waals surface area contributed by atoms with Gasteiger partial charge in [-0.15, -0.1) is 0 Å². The van der Waals surface area contributed by atoms with Crippen LogP contribution < -0.4 is 10.5 Å². The Morgan fingerprint density at radius 3 is 2.18 bits per heavy atom. The molecular formula is C9H12NO. The number of nitrogens with one attached hydrogen (secondary N) is 1. The number of hydrogen-bond donors (Lipinski definition) is 0. The van der Waals surface area contributed by atoms with Gasteiger partial charge in [-0.25, -0.2) is 0 Å². The van der Waals surface area contributed by atoms with Crippen molar-refractivity contribution in [2.24, 2.45) is 0 Å². The summed E-state index contributed by atoms with van der Waals surface area (Å²) in [6.07, 6.45) is 0.201. The van der Waals surface area contributed by atoms with Crippen molar-refractivity contribution in [1.29, 1.82) is 0 Å². The first kappa shape index (κ1) is 7.92. The van der Waals surface area contributed by atoms with Crippen LogP contribution >= 0.6 is 0 Å². The molecule has 1 aromatic rings. The lowest BCUT2D eigenvalue weighted by Crippen LogP contribution is -2.04. The Morgan fingerprint density at radius 1 is 1.18 bits per heavy atom. The summed E-state index contributed by atoms with van der Waals surface area (Å²) in [6.45, 7) is 3.96. The molecule has 0 aliphatic heterocycles. The molecule has 0 fully saturated rings. The van der Waals surface area contributed by atoms with Gasteiger partial charge >= 0.3 is 0 Å². The standard InChI is InChI=1S/C9H12NO/c1-7(2)11-9-5-3-8(10)4-6-9/h3-7,10H,1-2H3. The van der Waals surface area contributed by atoms with E-state index in [1.165, 1.54) is 0 Å². The average molecular weight is 150 g/mol. The van der Waals surface area contributed by atoms with Crippen molar-refractivity contribution in [2.75, 3.05) is 0 Å². The van der Waals surface area contributed by atoms with Gasteiger partial charge in [-0.1, -0.05) is 0 Å². The smallest absolute Gasteiger partial charge is 0.119 e. The van der Waals surface area contributed by atoms with E-state index in [1.54, 1.807) is 12.1 Å². The molecule has 0 unspecified atom stereocenters. The third kappa shape index (κ3) is 2.50. The van der Waals surface area contributed by atoms with Gasteiger partial charge in [0, 0.05) is 0 Å². The van der Waals surface area contributed by atoms with Crippen LogP contribution in [0.25, 0.3) is 0 Å². The SMILES string of the molecule is CC(C)Oc1ccc([NH])cc1. The highest BCUT2D eigenvalue weighted by Gasteiger charge is 1.95. The minimum absolute atomic E-state index is 0.201. The molecule has 1 N–H and O–H groups in total. The highest BCUT2D eigenvalue weighted by molar-refractivity contribution is 5.38. The molecule has 59 valence electrons. The van der Waals surface area contributed by atoms with Crippen LogP contribution in [0.15, 0.2) is 24.3 Å². The summed E-state index contributed by atoms with van der Waals surface area (Å²) in [5.41, 5.74) is 7.73. The summed E-state index contributed by atoms with van der Waals surface area (Å²) in [6, 6.07) is 7.06. The van der Waals surface area contributed by atoms with Gasteiger partial charge in [-0.2, -0.15) is 0 Å². The summed E-state index contributed by atoms with van der Waals surface area (Å²) in [7, 11) is 0. The molecule has 0 spiro atoms. The fourth-order valence-electron chi connectivity index (χ4n) is 0.806. The maximum Gasteiger partial charge on any atom is 0.119 e. The predicted octanol–water partition coefficient (Wildman–Crippen LogP) is 2.39.